The summed E-state index contributed by atoms with van der Waals surface area (Å²) in [5.74, 6) is -1.88. The molecule has 0 aliphatic carbocycles. The van der Waals surface area contributed by atoms with Crippen LogP contribution in [0.1, 0.15) is 10.4 Å². The van der Waals surface area contributed by atoms with Crippen molar-refractivity contribution >= 4 is 34.8 Å². The molecule has 0 aromatic heterocycles. The van der Waals surface area contributed by atoms with Gasteiger partial charge in [-0.3, -0.25) is 10.8 Å². The molecule has 0 bridgehead atoms. The second kappa shape index (κ2) is 7.81. The van der Waals surface area contributed by atoms with Gasteiger partial charge in [0.15, 0.2) is 17.3 Å². The minimum atomic E-state index is -0.686. The fraction of sp³-hybridized carbons (Fsp3) is 0. The van der Waals surface area contributed by atoms with Crippen LogP contribution in [0.25, 0.3) is 0 Å². The highest BCUT2D eigenvalue weighted by molar-refractivity contribution is 6.45. The number of halogens is 1. The minimum absolute atomic E-state index is 0.0302. The molecule has 5 N–H and O–H groups in total. The summed E-state index contributed by atoms with van der Waals surface area (Å²) in [6.45, 7) is 0. The highest BCUT2D eigenvalue weighted by Crippen LogP contribution is 2.37. The summed E-state index contributed by atoms with van der Waals surface area (Å²) in [6, 6.07) is 12.4. The zero-order valence-electron chi connectivity index (χ0n) is 12.7. The number of hydrogen-bond donors (Lipinski definition) is 4. The van der Waals surface area contributed by atoms with E-state index in [-0.39, 0.29) is 27.7 Å². The molecule has 0 saturated carbocycles. The predicted molar refractivity (Wildman–Crippen MR) is 93.1 cm³/mol. The first-order valence-corrected chi connectivity index (χ1v) is 7.18. The number of phenols is 1. The topological polar surface area (TPSA) is 145 Å². The standard InChI is InChI=1S/C16H12ClN5O3/c17-10-6-11(21-22-12(8-18)15(19)20)14(23)13(7-10)25-16(24)9-4-2-1-3-5-9/h1-7,21,23H,(H3,19,20)/b22-12+. The molecule has 2 aromatic carbocycles. The molecule has 0 radical (unpaired) electrons. The van der Waals surface area contributed by atoms with Gasteiger partial charge in [-0.15, -0.1) is 0 Å². The van der Waals surface area contributed by atoms with E-state index in [2.05, 4.69) is 10.5 Å². The summed E-state index contributed by atoms with van der Waals surface area (Å²) in [7, 11) is 0. The Hall–Kier alpha value is -3.57. The van der Waals surface area contributed by atoms with Crippen LogP contribution < -0.4 is 15.9 Å². The van der Waals surface area contributed by atoms with E-state index in [1.54, 1.807) is 36.4 Å². The number of carbonyl (C=O) groups is 1. The molecule has 0 aliphatic heterocycles. The number of amidine groups is 1. The van der Waals surface area contributed by atoms with Gasteiger partial charge in [0, 0.05) is 11.1 Å². The fourth-order valence-corrected chi connectivity index (χ4v) is 1.94. The second-order valence-electron chi connectivity index (χ2n) is 4.65. The third kappa shape index (κ3) is 4.46. The van der Waals surface area contributed by atoms with Gasteiger partial charge < -0.3 is 15.6 Å². The Kier molecular flexibility index (Phi) is 5.55. The van der Waals surface area contributed by atoms with Crippen LogP contribution in [0.5, 0.6) is 11.5 Å². The van der Waals surface area contributed by atoms with Crippen molar-refractivity contribution in [3.05, 3.63) is 53.1 Å². The third-order valence-electron chi connectivity index (χ3n) is 2.90. The molecule has 2 aromatic rings. The van der Waals surface area contributed by atoms with Crippen molar-refractivity contribution < 1.29 is 14.6 Å². The number of nitrogens with one attached hydrogen (secondary N) is 2. The van der Waals surface area contributed by atoms with Gasteiger partial charge in [-0.1, -0.05) is 29.8 Å². The van der Waals surface area contributed by atoms with Crippen LogP contribution in [0.15, 0.2) is 47.6 Å². The summed E-state index contributed by atoms with van der Waals surface area (Å²) >= 11 is 5.94. The van der Waals surface area contributed by atoms with Crippen LogP contribution in [0.2, 0.25) is 5.02 Å². The number of anilines is 1. The van der Waals surface area contributed by atoms with Crippen molar-refractivity contribution in [3.8, 4) is 17.6 Å². The average Bonchev–Trinajstić information content (AvgIpc) is 2.59. The van der Waals surface area contributed by atoms with Crippen molar-refractivity contribution in [2.45, 2.75) is 0 Å². The minimum Gasteiger partial charge on any atom is -0.503 e. The highest BCUT2D eigenvalue weighted by atomic mass is 35.5. The summed E-state index contributed by atoms with van der Waals surface area (Å²) in [5.41, 5.74) is 7.40. The molecule has 8 nitrogen and oxygen atoms in total. The van der Waals surface area contributed by atoms with Gasteiger partial charge in [0.25, 0.3) is 0 Å². The molecular weight excluding hydrogens is 346 g/mol. The number of rotatable bonds is 5. The normalized spacial score (nSPS) is 10.6. The third-order valence-corrected chi connectivity index (χ3v) is 3.12. The number of hydrazone groups is 1. The monoisotopic (exact) mass is 357 g/mol. The van der Waals surface area contributed by atoms with Gasteiger partial charge in [0.05, 0.1) is 5.56 Å². The van der Waals surface area contributed by atoms with E-state index in [0.29, 0.717) is 0 Å². The molecule has 0 aliphatic rings. The van der Waals surface area contributed by atoms with Crippen molar-refractivity contribution in [1.29, 1.82) is 10.7 Å². The summed E-state index contributed by atoms with van der Waals surface area (Å²) < 4.78 is 5.14. The molecule has 0 heterocycles. The van der Waals surface area contributed by atoms with Gasteiger partial charge in [-0.25, -0.2) is 4.79 Å². The highest BCUT2D eigenvalue weighted by Gasteiger charge is 2.16. The first kappa shape index (κ1) is 17.8. The Morgan fingerprint density at radius 3 is 2.64 bits per heavy atom. The van der Waals surface area contributed by atoms with Crippen LogP contribution in [-0.4, -0.2) is 22.6 Å². The molecule has 0 saturated heterocycles. The van der Waals surface area contributed by atoms with E-state index in [1.165, 1.54) is 12.1 Å². The lowest BCUT2D eigenvalue weighted by Crippen LogP contribution is -2.21. The molecule has 0 fully saturated rings. The maximum absolute atomic E-state index is 12.1. The number of nitrogens with zero attached hydrogens (tertiary/aromatic N) is 2. The smallest absolute Gasteiger partial charge is 0.343 e. The number of aromatic hydroxyl groups is 1. The second-order valence-corrected chi connectivity index (χ2v) is 5.09. The van der Waals surface area contributed by atoms with Gasteiger partial charge in [-0.05, 0) is 18.2 Å². The quantitative estimate of drug-likeness (QED) is 0.161. The molecule has 0 amide bonds. The zero-order valence-corrected chi connectivity index (χ0v) is 13.4. The van der Waals surface area contributed by atoms with Gasteiger partial charge in [-0.2, -0.15) is 10.4 Å². The van der Waals surface area contributed by atoms with E-state index in [9.17, 15) is 9.90 Å². The van der Waals surface area contributed by atoms with Gasteiger partial charge in [0.1, 0.15) is 11.8 Å². The lowest BCUT2D eigenvalue weighted by atomic mass is 10.2. The maximum atomic E-state index is 12.1. The Balaban J connectivity index is 2.29. The summed E-state index contributed by atoms with van der Waals surface area (Å²) in [4.78, 5) is 12.1. The van der Waals surface area contributed by atoms with E-state index < -0.39 is 17.6 Å². The Bertz CT molecular complexity index is 891. The predicted octanol–water partition coefficient (Wildman–Crippen LogP) is 2.49. The lowest BCUT2D eigenvalue weighted by molar-refractivity contribution is 0.0730. The molecule has 25 heavy (non-hydrogen) atoms. The molecule has 9 heteroatoms. The van der Waals surface area contributed by atoms with Crippen LogP contribution in [0.4, 0.5) is 5.69 Å². The van der Waals surface area contributed by atoms with Crippen molar-refractivity contribution in [2.75, 3.05) is 5.43 Å². The largest absolute Gasteiger partial charge is 0.503 e. The van der Waals surface area contributed by atoms with E-state index in [1.807, 2.05) is 0 Å². The molecule has 0 atom stereocenters. The van der Waals surface area contributed by atoms with Gasteiger partial charge in [0.2, 0.25) is 5.71 Å². The van der Waals surface area contributed by atoms with Crippen LogP contribution >= 0.6 is 11.6 Å². The van der Waals surface area contributed by atoms with Gasteiger partial charge >= 0.3 is 5.97 Å². The summed E-state index contributed by atoms with van der Waals surface area (Å²) in [6.07, 6.45) is 0. The number of phenolic OH excluding ortho intramolecular Hbond substituents is 1. The first-order chi connectivity index (χ1) is 11.9. The number of carbonyl (C=O) groups excluding carboxylic acids is 1. The Morgan fingerprint density at radius 2 is 2.04 bits per heavy atom. The zero-order chi connectivity index (χ0) is 18.4. The molecule has 0 spiro atoms. The van der Waals surface area contributed by atoms with Crippen LogP contribution in [-0.2, 0) is 0 Å². The Morgan fingerprint density at radius 1 is 1.36 bits per heavy atom. The van der Waals surface area contributed by atoms with Crippen molar-refractivity contribution in [1.82, 2.24) is 0 Å². The SMILES string of the molecule is N#C/C(=N\Nc1cc(Cl)cc(OC(=O)c2ccccc2)c1O)C(=N)N. The first-order valence-electron chi connectivity index (χ1n) is 6.80. The number of benzene rings is 2. The lowest BCUT2D eigenvalue weighted by Gasteiger charge is -2.11. The molecule has 2 rings (SSSR count). The average molecular weight is 358 g/mol. The van der Waals surface area contributed by atoms with Crippen LogP contribution in [0.3, 0.4) is 0 Å². The number of nitrogens with two attached hydrogens (primary N) is 1. The fourth-order valence-electron chi connectivity index (χ4n) is 1.73. The Labute approximate surface area is 147 Å². The van der Waals surface area contributed by atoms with E-state index in [0.717, 1.165) is 0 Å². The number of nitriles is 1. The van der Waals surface area contributed by atoms with Crippen molar-refractivity contribution in [3.63, 3.8) is 0 Å². The van der Waals surface area contributed by atoms with E-state index >= 15 is 0 Å². The van der Waals surface area contributed by atoms with E-state index in [4.69, 9.17) is 32.7 Å². The van der Waals surface area contributed by atoms with Crippen molar-refractivity contribution in [2.24, 2.45) is 10.8 Å². The number of esters is 1. The molecule has 126 valence electrons. The number of ether oxygens (including phenoxy) is 1. The molecular formula is C16H12ClN5O3. The summed E-state index contributed by atoms with van der Waals surface area (Å²) in [5, 5.41) is 29.9. The maximum Gasteiger partial charge on any atom is 0.343 e. The molecule has 0 unspecified atom stereocenters. The van der Waals surface area contributed by atoms with Crippen LogP contribution in [0, 0.1) is 16.7 Å². The number of hydrogen-bond acceptors (Lipinski definition) is 7.